The molecule has 3 aromatic rings. The number of aromatic nitrogens is 4. The van der Waals surface area contributed by atoms with Crippen LogP contribution in [0.2, 0.25) is 0 Å². The van der Waals surface area contributed by atoms with Crippen molar-refractivity contribution in [2.75, 3.05) is 18.9 Å². The SMILES string of the molecule is CCOc1nc(N)nc2c1ncn2[C@@H]1O[C@H](CO[P@@](=O)(N[C@H](C)C(=O)OC(C)C)Oc2ccccc2)[C@@H](O)[C@H]1N. The van der Waals surface area contributed by atoms with Crippen molar-refractivity contribution < 1.29 is 37.7 Å². The van der Waals surface area contributed by atoms with Gasteiger partial charge >= 0.3 is 13.7 Å². The number of carbonyl (C=O) groups excluding carboxylic acids is 1. The highest BCUT2D eigenvalue weighted by Crippen LogP contribution is 2.46. The Morgan fingerprint density at radius 1 is 1.25 bits per heavy atom. The van der Waals surface area contributed by atoms with Gasteiger partial charge in [0, 0.05) is 0 Å². The van der Waals surface area contributed by atoms with Crippen molar-refractivity contribution in [2.45, 2.75) is 64.3 Å². The van der Waals surface area contributed by atoms with Crippen LogP contribution in [-0.2, 0) is 23.4 Å². The number of rotatable bonds is 12. The maximum absolute atomic E-state index is 13.8. The molecule has 0 aliphatic carbocycles. The topological polar surface area (TPSA) is 208 Å². The molecule has 1 fully saturated rings. The van der Waals surface area contributed by atoms with Gasteiger partial charge in [-0.3, -0.25) is 13.9 Å². The molecule has 2 aromatic heterocycles. The van der Waals surface area contributed by atoms with E-state index in [1.807, 2.05) is 0 Å². The Morgan fingerprint density at radius 2 is 1.98 bits per heavy atom. The molecule has 218 valence electrons. The Labute approximate surface area is 230 Å². The molecule has 16 heteroatoms. The maximum Gasteiger partial charge on any atom is 0.459 e. The van der Waals surface area contributed by atoms with Crippen molar-refractivity contribution in [3.8, 4) is 11.6 Å². The monoisotopic (exact) mass is 579 g/mol. The van der Waals surface area contributed by atoms with Gasteiger partial charge in [0.2, 0.25) is 11.8 Å². The van der Waals surface area contributed by atoms with E-state index >= 15 is 0 Å². The molecule has 40 heavy (non-hydrogen) atoms. The summed E-state index contributed by atoms with van der Waals surface area (Å²) in [6.45, 7) is 6.59. The van der Waals surface area contributed by atoms with Gasteiger partial charge in [0.1, 0.15) is 24.0 Å². The number of esters is 1. The number of aliphatic hydroxyl groups is 1. The Balaban J connectivity index is 1.52. The minimum atomic E-state index is -4.19. The van der Waals surface area contributed by atoms with E-state index in [2.05, 4.69) is 20.0 Å². The molecule has 4 rings (SSSR count). The van der Waals surface area contributed by atoms with Gasteiger partial charge in [0.25, 0.3) is 0 Å². The van der Waals surface area contributed by atoms with Crippen LogP contribution in [0.1, 0.15) is 33.9 Å². The summed E-state index contributed by atoms with van der Waals surface area (Å²) in [4.78, 5) is 25.0. The first-order valence-corrected chi connectivity index (χ1v) is 14.2. The molecule has 3 heterocycles. The number of hydrogen-bond acceptors (Lipinski definition) is 13. The Bertz CT molecular complexity index is 1360. The summed E-state index contributed by atoms with van der Waals surface area (Å²) in [6, 6.07) is 6.31. The largest absolute Gasteiger partial charge is 0.476 e. The van der Waals surface area contributed by atoms with Gasteiger partial charge < -0.3 is 35.3 Å². The number of nitrogens with zero attached hydrogens (tertiary/aromatic N) is 4. The second-order valence-corrected chi connectivity index (χ2v) is 11.0. The van der Waals surface area contributed by atoms with E-state index in [0.29, 0.717) is 17.8 Å². The van der Waals surface area contributed by atoms with Crippen molar-refractivity contribution in [2.24, 2.45) is 5.73 Å². The molecule has 6 N–H and O–H groups in total. The van der Waals surface area contributed by atoms with E-state index < -0.39 is 50.8 Å². The quantitative estimate of drug-likeness (QED) is 0.177. The van der Waals surface area contributed by atoms with Crippen LogP contribution in [0, 0.1) is 0 Å². The van der Waals surface area contributed by atoms with E-state index in [4.69, 9.17) is 34.7 Å². The molecular weight excluding hydrogens is 545 g/mol. The average molecular weight is 580 g/mol. The highest BCUT2D eigenvalue weighted by molar-refractivity contribution is 7.52. The number of benzene rings is 1. The number of imidazole rings is 1. The molecule has 1 saturated heterocycles. The summed E-state index contributed by atoms with van der Waals surface area (Å²) in [5.74, 6) is -0.252. The highest BCUT2D eigenvalue weighted by Gasteiger charge is 2.45. The smallest absolute Gasteiger partial charge is 0.459 e. The van der Waals surface area contributed by atoms with Crippen molar-refractivity contribution in [3.05, 3.63) is 36.7 Å². The summed E-state index contributed by atoms with van der Waals surface area (Å²) in [5, 5.41) is 13.5. The number of para-hydroxylation sites is 1. The van der Waals surface area contributed by atoms with E-state index in [-0.39, 0.29) is 23.7 Å². The predicted molar refractivity (Wildman–Crippen MR) is 143 cm³/mol. The van der Waals surface area contributed by atoms with Crippen LogP contribution in [0.3, 0.4) is 0 Å². The second kappa shape index (κ2) is 12.5. The number of aliphatic hydroxyl groups excluding tert-OH is 1. The van der Waals surface area contributed by atoms with Gasteiger partial charge in [-0.05, 0) is 39.8 Å². The molecule has 6 atom stereocenters. The molecule has 1 aromatic carbocycles. The Hall–Kier alpha value is -3.33. The van der Waals surface area contributed by atoms with Crippen LogP contribution in [0.15, 0.2) is 36.7 Å². The van der Waals surface area contributed by atoms with Gasteiger partial charge in [0.15, 0.2) is 17.4 Å². The number of nitrogen functional groups attached to an aromatic ring is 1. The van der Waals surface area contributed by atoms with E-state index in [1.165, 1.54) is 17.8 Å². The maximum atomic E-state index is 13.8. The van der Waals surface area contributed by atoms with Crippen LogP contribution >= 0.6 is 7.75 Å². The zero-order valence-electron chi connectivity index (χ0n) is 22.5. The summed E-state index contributed by atoms with van der Waals surface area (Å²) in [6.07, 6.45) is -2.15. The number of carbonyl (C=O) groups is 1. The van der Waals surface area contributed by atoms with Crippen LogP contribution < -0.4 is 25.8 Å². The summed E-state index contributed by atoms with van der Waals surface area (Å²) in [7, 11) is -4.19. The number of fused-ring (bicyclic) bond motifs is 1. The van der Waals surface area contributed by atoms with Gasteiger partial charge in [-0.25, -0.2) is 9.55 Å². The van der Waals surface area contributed by atoms with E-state index in [0.717, 1.165) is 0 Å². The number of ether oxygens (including phenoxy) is 3. The first kappa shape index (κ1) is 29.6. The number of anilines is 1. The molecule has 0 radical (unpaired) electrons. The number of nitrogens with two attached hydrogens (primary N) is 2. The fourth-order valence-corrected chi connectivity index (χ4v) is 5.49. The Kier molecular flexibility index (Phi) is 9.23. The summed E-state index contributed by atoms with van der Waals surface area (Å²) >= 11 is 0. The van der Waals surface area contributed by atoms with Crippen molar-refractivity contribution in [1.29, 1.82) is 0 Å². The molecule has 0 amide bonds. The lowest BCUT2D eigenvalue weighted by Gasteiger charge is -2.25. The first-order valence-electron chi connectivity index (χ1n) is 12.7. The Morgan fingerprint density at radius 3 is 2.65 bits per heavy atom. The fourth-order valence-electron chi connectivity index (χ4n) is 3.99. The van der Waals surface area contributed by atoms with Crippen LogP contribution in [0.4, 0.5) is 5.95 Å². The third kappa shape index (κ3) is 6.69. The van der Waals surface area contributed by atoms with Gasteiger partial charge in [-0.1, -0.05) is 18.2 Å². The minimum absolute atomic E-state index is 0.0418. The average Bonchev–Trinajstić information content (AvgIpc) is 3.43. The van der Waals surface area contributed by atoms with Gasteiger partial charge in [-0.15, -0.1) is 0 Å². The van der Waals surface area contributed by atoms with E-state index in [1.54, 1.807) is 51.1 Å². The third-order valence-electron chi connectivity index (χ3n) is 5.82. The molecule has 0 spiro atoms. The van der Waals surface area contributed by atoms with Crippen molar-refractivity contribution >= 4 is 30.8 Å². The lowest BCUT2D eigenvalue weighted by atomic mass is 10.1. The van der Waals surface area contributed by atoms with Gasteiger partial charge in [-0.2, -0.15) is 15.1 Å². The van der Waals surface area contributed by atoms with E-state index in [9.17, 15) is 14.5 Å². The second-order valence-electron chi connectivity index (χ2n) is 9.31. The third-order valence-corrected chi connectivity index (χ3v) is 7.46. The van der Waals surface area contributed by atoms with Crippen molar-refractivity contribution in [1.82, 2.24) is 24.6 Å². The van der Waals surface area contributed by atoms with Gasteiger partial charge in [0.05, 0.1) is 31.7 Å². The first-order chi connectivity index (χ1) is 19.0. The summed E-state index contributed by atoms with van der Waals surface area (Å²) in [5.41, 5.74) is 12.8. The molecule has 1 aliphatic rings. The van der Waals surface area contributed by atoms with Crippen LogP contribution in [-0.4, -0.2) is 74.2 Å². The highest BCUT2D eigenvalue weighted by atomic mass is 31.2. The molecule has 0 saturated carbocycles. The predicted octanol–water partition coefficient (Wildman–Crippen LogP) is 1.53. The van der Waals surface area contributed by atoms with Crippen molar-refractivity contribution in [3.63, 3.8) is 0 Å². The molecule has 0 unspecified atom stereocenters. The zero-order chi connectivity index (χ0) is 29.0. The van der Waals surface area contributed by atoms with Crippen LogP contribution in [0.5, 0.6) is 11.6 Å². The van der Waals surface area contributed by atoms with Crippen LogP contribution in [0.25, 0.3) is 11.2 Å². The molecule has 15 nitrogen and oxygen atoms in total. The molecular formula is C24H34N7O8P. The number of nitrogens with one attached hydrogen (secondary N) is 1. The minimum Gasteiger partial charge on any atom is -0.476 e. The lowest BCUT2D eigenvalue weighted by molar-refractivity contribution is -0.149. The lowest BCUT2D eigenvalue weighted by Crippen LogP contribution is -2.41. The zero-order valence-corrected chi connectivity index (χ0v) is 23.4. The summed E-state index contributed by atoms with van der Waals surface area (Å²) < 4.78 is 43.3. The standard InChI is InChI=1S/C24H34N7O8P/c1-5-35-21-18-20(28-24(26)29-21)31(12-27-18)22-17(25)19(32)16(38-22)11-36-40(34,39-15-9-7-6-8-10-15)30-14(4)23(33)37-13(2)3/h6-10,12-14,16-17,19,22,32H,5,11,25H2,1-4H3,(H,30,34)(H2,26,28,29)/t14-,16-,17-,19-,22-,40+/m1/s1. The number of hydrogen-bond donors (Lipinski definition) is 4. The molecule has 1 aliphatic heterocycles. The fraction of sp³-hybridized carbons (Fsp3) is 0.500. The molecule has 0 bridgehead atoms. The normalized spacial score (nSPS) is 23.2.